The van der Waals surface area contributed by atoms with Gasteiger partial charge >= 0.3 is 16.8 Å². The van der Waals surface area contributed by atoms with Gasteiger partial charge in [0.25, 0.3) is 0 Å². The van der Waals surface area contributed by atoms with E-state index in [2.05, 4.69) is 41.5 Å². The molecule has 3 atom stereocenters. The predicted octanol–water partition coefficient (Wildman–Crippen LogP) is 8.81. The Morgan fingerprint density at radius 3 is 0.744 bits per heavy atom. The summed E-state index contributed by atoms with van der Waals surface area (Å²) in [7, 11) is -10.5. The molecule has 0 aromatic rings. The van der Waals surface area contributed by atoms with Crippen LogP contribution >= 0.6 is 22.8 Å². The Kier molecular flexibility index (Phi) is 42.3. The molecule has 0 aromatic carbocycles. The van der Waals surface area contributed by atoms with Gasteiger partial charge in [0.2, 0.25) is 0 Å². The van der Waals surface area contributed by atoms with Crippen molar-refractivity contribution in [3.63, 3.8) is 0 Å². The molecule has 0 heterocycles. The number of hydrogen-bond acceptors (Lipinski definition) is 9. The van der Waals surface area contributed by atoms with Gasteiger partial charge in [-0.3, -0.25) is 0 Å². The van der Waals surface area contributed by atoms with Crippen LogP contribution < -0.4 is 14.7 Å². The van der Waals surface area contributed by atoms with Crippen LogP contribution in [0.15, 0.2) is 0 Å². The first-order chi connectivity index (χ1) is 19.9. The van der Waals surface area contributed by atoms with Gasteiger partial charge < -0.3 is 41.9 Å². The van der Waals surface area contributed by atoms with E-state index in [1.54, 1.807) is 0 Å². The van der Waals surface area contributed by atoms with Crippen LogP contribution in [-0.4, -0.2) is 38.3 Å². The van der Waals surface area contributed by atoms with E-state index in [4.69, 9.17) is 13.6 Å². The van der Waals surface area contributed by atoms with Crippen molar-refractivity contribution in [1.82, 2.24) is 0 Å². The van der Waals surface area contributed by atoms with Gasteiger partial charge in [0.1, 0.15) is 22.8 Å². The van der Waals surface area contributed by atoms with Crippen LogP contribution in [-0.2, 0) is 44.0 Å². The third-order valence-electron chi connectivity index (χ3n) is 6.21. The summed E-state index contributed by atoms with van der Waals surface area (Å²) < 4.78 is 48.5. The number of rotatable bonds is 27. The first kappa shape index (κ1) is 50.8. The Hall–Kier alpha value is 0.956. The largest absolute Gasteiger partial charge is 3.00 e. The predicted molar refractivity (Wildman–Crippen MR) is 172 cm³/mol. The van der Waals surface area contributed by atoms with Crippen LogP contribution in [0.5, 0.6) is 0 Å². The van der Waals surface area contributed by atoms with E-state index in [9.17, 15) is 28.4 Å². The zero-order chi connectivity index (χ0) is 32.6. The van der Waals surface area contributed by atoms with Crippen LogP contribution in [0, 0.1) is 0 Å². The minimum atomic E-state index is -3.51. The summed E-state index contributed by atoms with van der Waals surface area (Å²) in [6.45, 7) is 13.5. The maximum absolute atomic E-state index is 11.3. The van der Waals surface area contributed by atoms with E-state index < -0.39 is 22.8 Å². The SMILES string of the molecule is CCCCCOP(=O)([O-])CCCCC.CCCCCOP(=O)([O-])CCCCC.CCCCCOP(=O)([O-])CCCCC.[Co+3]. The Labute approximate surface area is 276 Å². The molecule has 0 aliphatic heterocycles. The summed E-state index contributed by atoms with van der Waals surface area (Å²) in [4.78, 5) is 33.8. The maximum atomic E-state index is 11.3. The van der Waals surface area contributed by atoms with Crippen LogP contribution in [0.3, 0.4) is 0 Å². The van der Waals surface area contributed by atoms with Gasteiger partial charge in [-0.15, -0.1) is 0 Å². The minimum absolute atomic E-state index is 0. The Balaban J connectivity index is -0.000000262. The van der Waals surface area contributed by atoms with Crippen LogP contribution in [0.2, 0.25) is 0 Å². The molecule has 0 aromatic heterocycles. The third-order valence-corrected chi connectivity index (χ3v) is 10.5. The van der Waals surface area contributed by atoms with Crippen molar-refractivity contribution in [3.05, 3.63) is 0 Å². The van der Waals surface area contributed by atoms with Gasteiger partial charge in [-0.05, 0) is 38.5 Å². The third kappa shape index (κ3) is 45.1. The molecule has 0 aliphatic rings. The molecule has 0 radical (unpaired) electrons. The van der Waals surface area contributed by atoms with E-state index in [0.29, 0.717) is 19.8 Å². The molecule has 0 rings (SSSR count). The molecule has 3 unspecified atom stereocenters. The van der Waals surface area contributed by atoms with Crippen molar-refractivity contribution in [2.45, 2.75) is 157 Å². The fourth-order valence-electron chi connectivity index (χ4n) is 3.53. The monoisotopic (exact) mass is 722 g/mol. The normalized spacial score (nSPS) is 15.0. The second-order valence-corrected chi connectivity index (χ2v) is 16.5. The maximum Gasteiger partial charge on any atom is 3.00 e. The second-order valence-electron chi connectivity index (χ2n) is 10.7. The molecule has 0 amide bonds. The van der Waals surface area contributed by atoms with Gasteiger partial charge in [0.05, 0.1) is 19.8 Å². The summed E-state index contributed by atoms with van der Waals surface area (Å²) in [5, 5.41) is 0. The molecule has 0 bridgehead atoms. The van der Waals surface area contributed by atoms with Crippen molar-refractivity contribution in [3.8, 4) is 0 Å². The van der Waals surface area contributed by atoms with E-state index in [-0.39, 0.29) is 35.3 Å². The molecule has 0 spiro atoms. The summed E-state index contributed by atoms with van der Waals surface area (Å²) in [6.07, 6.45) is 17.7. The zero-order valence-corrected chi connectivity index (χ0v) is 32.0. The van der Waals surface area contributed by atoms with Crippen LogP contribution in [0.1, 0.15) is 157 Å². The molecule has 0 aliphatic carbocycles. The molecule has 0 saturated heterocycles. The zero-order valence-electron chi connectivity index (χ0n) is 28.3. The first-order valence-corrected chi connectivity index (χ1v) is 21.9. The van der Waals surface area contributed by atoms with Gasteiger partial charge in [-0.2, -0.15) is 0 Å². The molecule has 9 nitrogen and oxygen atoms in total. The van der Waals surface area contributed by atoms with E-state index >= 15 is 0 Å². The smallest absolute Gasteiger partial charge is 0.778 e. The van der Waals surface area contributed by atoms with E-state index in [1.807, 2.05) is 0 Å². The fraction of sp³-hybridized carbons (Fsp3) is 1.00. The quantitative estimate of drug-likeness (QED) is 0.0599. The van der Waals surface area contributed by atoms with Gasteiger partial charge in [0.15, 0.2) is 0 Å². The molecular weight excluding hydrogens is 656 g/mol. The Morgan fingerprint density at radius 2 is 0.558 bits per heavy atom. The van der Waals surface area contributed by atoms with Crippen molar-refractivity contribution >= 4 is 22.8 Å². The summed E-state index contributed by atoms with van der Waals surface area (Å²) in [6, 6.07) is 0. The van der Waals surface area contributed by atoms with Gasteiger partial charge in [-0.25, -0.2) is 0 Å². The average Bonchev–Trinajstić information content (AvgIpc) is 2.93. The van der Waals surface area contributed by atoms with E-state index in [1.165, 1.54) is 0 Å². The molecule has 0 saturated carbocycles. The van der Waals surface area contributed by atoms with Crippen LogP contribution in [0.4, 0.5) is 0 Å². The number of hydrogen-bond donors (Lipinski definition) is 0. The Bertz CT molecular complexity index is 609. The van der Waals surface area contributed by atoms with Crippen molar-refractivity contribution in [2.75, 3.05) is 38.3 Å². The molecule has 0 fully saturated rings. The van der Waals surface area contributed by atoms with Gasteiger partial charge in [0, 0.05) is 18.5 Å². The van der Waals surface area contributed by atoms with Gasteiger partial charge in [-0.1, -0.05) is 119 Å². The standard InChI is InChI=1S/3C10H23O3P.Co/c3*1-3-5-7-9-13-14(11,12)10-8-6-4-2;/h3*3-10H2,1-2H3,(H,11,12);/q;;;+3/p-3. The van der Waals surface area contributed by atoms with Crippen molar-refractivity contribution < 1.29 is 58.7 Å². The fourth-order valence-corrected chi connectivity index (χ4v) is 6.97. The summed E-state index contributed by atoms with van der Waals surface area (Å²) in [5.41, 5.74) is 0. The molecule has 0 N–H and O–H groups in total. The topological polar surface area (TPSA) is 148 Å². The molecule has 43 heavy (non-hydrogen) atoms. The molecular formula is C30H66CoO9P3. The molecule has 264 valence electrons. The summed E-state index contributed by atoms with van der Waals surface area (Å²) in [5.74, 6) is 0. The second kappa shape index (κ2) is 35.8. The first-order valence-electron chi connectivity index (χ1n) is 16.7. The molecule has 13 heteroatoms. The number of unbranched alkanes of at least 4 members (excludes halogenated alkanes) is 12. The minimum Gasteiger partial charge on any atom is -0.778 e. The van der Waals surface area contributed by atoms with Crippen molar-refractivity contribution in [2.24, 2.45) is 0 Å². The van der Waals surface area contributed by atoms with E-state index in [0.717, 1.165) is 116 Å². The van der Waals surface area contributed by atoms with Crippen molar-refractivity contribution in [1.29, 1.82) is 0 Å². The average molecular weight is 723 g/mol. The Morgan fingerprint density at radius 1 is 0.372 bits per heavy atom. The van der Waals surface area contributed by atoms with Crippen LogP contribution in [0.25, 0.3) is 0 Å². The summed E-state index contributed by atoms with van der Waals surface area (Å²) >= 11 is 0.